The van der Waals surface area contributed by atoms with Gasteiger partial charge in [-0.1, -0.05) is 34.6 Å². The van der Waals surface area contributed by atoms with Crippen molar-refractivity contribution in [2.24, 2.45) is 5.16 Å². The van der Waals surface area contributed by atoms with E-state index in [1.54, 1.807) is 24.3 Å². The van der Waals surface area contributed by atoms with Crippen molar-refractivity contribution >= 4 is 5.71 Å². The lowest BCUT2D eigenvalue weighted by molar-refractivity contribution is -0.159. The van der Waals surface area contributed by atoms with Crippen LogP contribution in [0.3, 0.4) is 0 Å². The molecule has 0 saturated heterocycles. The minimum Gasteiger partial charge on any atom is -0.389 e. The summed E-state index contributed by atoms with van der Waals surface area (Å²) in [7, 11) is 0. The monoisotopic (exact) mass is 337 g/mol. The van der Waals surface area contributed by atoms with E-state index in [2.05, 4.69) is 19.8 Å². The van der Waals surface area contributed by atoms with E-state index in [1.165, 1.54) is 0 Å². The summed E-state index contributed by atoms with van der Waals surface area (Å²) < 4.78 is 41.8. The maximum absolute atomic E-state index is 12.5. The highest BCUT2D eigenvalue weighted by Crippen LogP contribution is 2.41. The van der Waals surface area contributed by atoms with Crippen molar-refractivity contribution in [3.05, 3.63) is 35.7 Å². The van der Waals surface area contributed by atoms with E-state index >= 15 is 0 Å². The maximum atomic E-state index is 12.5. The fraction of sp³-hybridized carbons (Fsp3) is 0.438. The molecule has 5 nitrogen and oxygen atoms in total. The van der Waals surface area contributed by atoms with Crippen LogP contribution >= 0.6 is 0 Å². The Morgan fingerprint density at radius 2 is 1.67 bits per heavy atom. The Morgan fingerprint density at radius 3 is 2.29 bits per heavy atom. The second-order valence-electron chi connectivity index (χ2n) is 6.19. The van der Waals surface area contributed by atoms with Crippen molar-refractivity contribution in [2.75, 3.05) is 0 Å². The van der Waals surface area contributed by atoms with E-state index in [-0.39, 0.29) is 11.4 Å². The average molecular weight is 337 g/mol. The first-order chi connectivity index (χ1) is 11.5. The van der Waals surface area contributed by atoms with Gasteiger partial charge >= 0.3 is 12.1 Å². The van der Waals surface area contributed by atoms with Gasteiger partial charge in [0.1, 0.15) is 5.60 Å². The molecule has 0 atom stereocenters. The molecule has 24 heavy (non-hydrogen) atoms. The first-order valence-corrected chi connectivity index (χ1v) is 7.72. The summed E-state index contributed by atoms with van der Waals surface area (Å²) in [4.78, 5) is 9.03. The summed E-state index contributed by atoms with van der Waals surface area (Å²) >= 11 is 0. The van der Waals surface area contributed by atoms with Gasteiger partial charge in [-0.3, -0.25) is 0 Å². The lowest BCUT2D eigenvalue weighted by atomic mass is 9.92. The number of hydrogen-bond donors (Lipinski definition) is 0. The molecule has 2 aliphatic rings. The first kappa shape index (κ1) is 15.2. The number of aromatic nitrogens is 2. The van der Waals surface area contributed by atoms with Gasteiger partial charge in [0.05, 0.1) is 5.71 Å². The van der Waals surface area contributed by atoms with Crippen LogP contribution in [-0.2, 0) is 11.0 Å². The summed E-state index contributed by atoms with van der Waals surface area (Å²) in [5.41, 5.74) is 2.06. The predicted molar refractivity (Wildman–Crippen MR) is 78.2 cm³/mol. The molecule has 1 spiro atoms. The first-order valence-electron chi connectivity index (χ1n) is 7.72. The van der Waals surface area contributed by atoms with Gasteiger partial charge < -0.3 is 9.36 Å². The molecular formula is C16H14F3N3O2. The van der Waals surface area contributed by atoms with Crippen LogP contribution < -0.4 is 0 Å². The Balaban J connectivity index is 1.52. The van der Waals surface area contributed by atoms with Gasteiger partial charge in [-0.2, -0.15) is 18.2 Å². The third-order valence-corrected chi connectivity index (χ3v) is 4.50. The zero-order valence-corrected chi connectivity index (χ0v) is 12.6. The summed E-state index contributed by atoms with van der Waals surface area (Å²) in [6.07, 6.45) is 0.466. The molecule has 1 aromatic heterocycles. The number of halogens is 3. The van der Waals surface area contributed by atoms with Crippen molar-refractivity contribution in [1.29, 1.82) is 0 Å². The Hall–Kier alpha value is -2.38. The molecule has 1 aliphatic heterocycles. The van der Waals surface area contributed by atoms with Gasteiger partial charge in [0.2, 0.25) is 5.82 Å². The molecular weight excluding hydrogens is 323 g/mol. The Kier molecular flexibility index (Phi) is 3.36. The number of rotatable bonds is 2. The highest BCUT2D eigenvalue weighted by atomic mass is 19.4. The smallest absolute Gasteiger partial charge is 0.389 e. The highest BCUT2D eigenvalue weighted by Gasteiger charge is 2.42. The Bertz CT molecular complexity index is 775. The number of nitrogens with zero attached hydrogens (tertiary/aromatic N) is 3. The minimum absolute atomic E-state index is 0.0919. The normalized spacial score (nSPS) is 19.5. The molecule has 1 saturated carbocycles. The number of benzene rings is 1. The Labute approximate surface area is 135 Å². The average Bonchev–Trinajstić information content (AvgIpc) is 3.29. The predicted octanol–water partition coefficient (Wildman–Crippen LogP) is 4.19. The fourth-order valence-corrected chi connectivity index (χ4v) is 3.23. The zero-order valence-electron chi connectivity index (χ0n) is 12.6. The van der Waals surface area contributed by atoms with Gasteiger partial charge in [0, 0.05) is 12.0 Å². The topological polar surface area (TPSA) is 60.5 Å². The van der Waals surface area contributed by atoms with Gasteiger partial charge in [-0.25, -0.2) is 0 Å². The molecule has 1 aliphatic carbocycles. The van der Waals surface area contributed by atoms with Crippen LogP contribution in [0.5, 0.6) is 0 Å². The molecule has 0 bridgehead atoms. The minimum atomic E-state index is -4.64. The van der Waals surface area contributed by atoms with Gasteiger partial charge in [-0.05, 0) is 31.2 Å². The molecule has 1 aromatic carbocycles. The van der Waals surface area contributed by atoms with Gasteiger partial charge in [-0.15, -0.1) is 0 Å². The third kappa shape index (κ3) is 2.65. The quantitative estimate of drug-likeness (QED) is 0.824. The molecule has 8 heteroatoms. The molecule has 1 fully saturated rings. The van der Waals surface area contributed by atoms with Crippen LogP contribution in [-0.4, -0.2) is 21.5 Å². The van der Waals surface area contributed by atoms with Crippen LogP contribution in [0.1, 0.15) is 43.6 Å². The van der Waals surface area contributed by atoms with E-state index in [9.17, 15) is 13.2 Å². The largest absolute Gasteiger partial charge is 0.471 e. The van der Waals surface area contributed by atoms with E-state index in [0.29, 0.717) is 5.56 Å². The van der Waals surface area contributed by atoms with Crippen LogP contribution in [0.25, 0.3) is 11.4 Å². The van der Waals surface area contributed by atoms with Gasteiger partial charge in [0.25, 0.3) is 0 Å². The van der Waals surface area contributed by atoms with E-state index < -0.39 is 12.1 Å². The van der Waals surface area contributed by atoms with E-state index in [4.69, 9.17) is 4.84 Å². The molecule has 2 aromatic rings. The summed E-state index contributed by atoms with van der Waals surface area (Å²) in [6.45, 7) is 0. The van der Waals surface area contributed by atoms with Crippen molar-refractivity contribution in [2.45, 2.75) is 43.9 Å². The van der Waals surface area contributed by atoms with Crippen molar-refractivity contribution in [3.63, 3.8) is 0 Å². The van der Waals surface area contributed by atoms with Gasteiger partial charge in [0.15, 0.2) is 0 Å². The highest BCUT2D eigenvalue weighted by molar-refractivity contribution is 6.01. The lowest BCUT2D eigenvalue weighted by Gasteiger charge is -2.19. The molecule has 126 valence electrons. The summed E-state index contributed by atoms with van der Waals surface area (Å²) in [5, 5.41) is 7.58. The molecule has 0 amide bonds. The molecule has 0 N–H and O–H groups in total. The van der Waals surface area contributed by atoms with Crippen LogP contribution in [0.15, 0.2) is 33.9 Å². The zero-order chi connectivity index (χ0) is 16.8. The molecule has 4 rings (SSSR count). The number of alkyl halides is 3. The molecule has 0 radical (unpaired) electrons. The second kappa shape index (κ2) is 5.32. The standard InChI is InChI=1S/C16H14F3N3O2/c17-16(18,19)14-20-13(22-23-14)11-5-3-10(4-6-11)12-9-15(24-21-12)7-1-2-8-15/h3-6H,1-2,7-9H2. The van der Waals surface area contributed by atoms with Crippen molar-refractivity contribution in [1.82, 2.24) is 10.1 Å². The Morgan fingerprint density at radius 1 is 1.00 bits per heavy atom. The lowest BCUT2D eigenvalue weighted by Crippen LogP contribution is -2.24. The van der Waals surface area contributed by atoms with Crippen LogP contribution in [0.2, 0.25) is 0 Å². The van der Waals surface area contributed by atoms with E-state index in [0.717, 1.165) is 43.4 Å². The second-order valence-corrected chi connectivity index (χ2v) is 6.19. The molecule has 0 unspecified atom stereocenters. The summed E-state index contributed by atoms with van der Waals surface area (Å²) in [5.74, 6) is -1.44. The van der Waals surface area contributed by atoms with Crippen LogP contribution in [0, 0.1) is 0 Å². The van der Waals surface area contributed by atoms with Crippen molar-refractivity contribution < 1.29 is 22.5 Å². The third-order valence-electron chi connectivity index (χ3n) is 4.50. The van der Waals surface area contributed by atoms with E-state index in [1.807, 2.05) is 0 Å². The number of oxime groups is 1. The SMILES string of the molecule is FC(F)(F)c1nc(-c2ccc(C3=NOC4(CCCC4)C3)cc2)no1. The molecule has 2 heterocycles. The maximum Gasteiger partial charge on any atom is 0.471 e. The summed E-state index contributed by atoms with van der Waals surface area (Å²) in [6, 6.07) is 6.88. The van der Waals surface area contributed by atoms with Crippen molar-refractivity contribution in [3.8, 4) is 11.4 Å². The fourth-order valence-electron chi connectivity index (χ4n) is 3.23. The number of hydrogen-bond acceptors (Lipinski definition) is 5. The van der Waals surface area contributed by atoms with Crippen LogP contribution in [0.4, 0.5) is 13.2 Å².